The van der Waals surface area contributed by atoms with Crippen LogP contribution in [0.4, 0.5) is 18.9 Å². The van der Waals surface area contributed by atoms with Gasteiger partial charge in [0.25, 0.3) is 0 Å². The van der Waals surface area contributed by atoms with Crippen LogP contribution in [0.15, 0.2) is 42.5 Å². The minimum absolute atomic E-state index is 0.00477. The zero-order valence-corrected chi connectivity index (χ0v) is 19.9. The van der Waals surface area contributed by atoms with E-state index >= 15 is 0 Å². The molecule has 0 fully saturated rings. The number of ether oxygens (including phenoxy) is 4. The van der Waals surface area contributed by atoms with Crippen molar-refractivity contribution in [1.82, 2.24) is 4.98 Å². The number of pyridine rings is 1. The highest BCUT2D eigenvalue weighted by atomic mass is 32.1. The summed E-state index contributed by atoms with van der Waals surface area (Å²) in [5, 5.41) is -0.320. The number of carbonyl (C=O) groups is 1. The van der Waals surface area contributed by atoms with Gasteiger partial charge in [0.05, 0.1) is 31.2 Å². The van der Waals surface area contributed by atoms with E-state index in [-0.39, 0.29) is 32.0 Å². The highest BCUT2D eigenvalue weighted by Crippen LogP contribution is 2.45. The lowest BCUT2D eigenvalue weighted by molar-refractivity contribution is -0.136. The number of fused-ring (bicyclic) bond motifs is 2. The average Bonchev–Trinajstić information content (AvgIpc) is 3.22. The van der Waals surface area contributed by atoms with Crippen LogP contribution in [0.5, 0.6) is 23.0 Å². The number of halogens is 3. The van der Waals surface area contributed by atoms with Gasteiger partial charge < -0.3 is 24.7 Å². The lowest BCUT2D eigenvalue weighted by Crippen LogP contribution is -2.16. The van der Waals surface area contributed by atoms with Gasteiger partial charge in [-0.3, -0.25) is 4.79 Å². The van der Waals surface area contributed by atoms with Gasteiger partial charge in [0.2, 0.25) is 5.78 Å². The summed E-state index contributed by atoms with van der Waals surface area (Å²) in [6.07, 6.45) is -4.76. The third-order valence-corrected chi connectivity index (χ3v) is 6.80. The monoisotopic (exact) mass is 516 g/mol. The number of carbonyl (C=O) groups excluding carboxylic acids is 1. The molecule has 0 saturated carbocycles. The van der Waals surface area contributed by atoms with Crippen molar-refractivity contribution in [3.8, 4) is 34.3 Å². The number of rotatable bonds is 5. The van der Waals surface area contributed by atoms with E-state index in [2.05, 4.69) is 4.98 Å². The summed E-state index contributed by atoms with van der Waals surface area (Å²) < 4.78 is 64.1. The van der Waals surface area contributed by atoms with Crippen molar-refractivity contribution in [1.29, 1.82) is 0 Å². The van der Waals surface area contributed by atoms with E-state index in [1.807, 2.05) is 0 Å². The SMILES string of the molecule is COc1ccc(OC)c(-c2cc(C(F)(F)F)c3c(N)c(C(=O)c4ccc5c(c4)OCCO5)sc3n2)c1. The normalized spacial score (nSPS) is 13.0. The number of nitrogen functional groups attached to an aromatic ring is 1. The summed E-state index contributed by atoms with van der Waals surface area (Å²) in [7, 11) is 2.85. The number of nitrogens with zero attached hydrogens (tertiary/aromatic N) is 1. The van der Waals surface area contributed by atoms with Crippen molar-refractivity contribution in [2.45, 2.75) is 6.18 Å². The Morgan fingerprint density at radius 1 is 1.03 bits per heavy atom. The fourth-order valence-corrected chi connectivity index (χ4v) is 5.06. The van der Waals surface area contributed by atoms with Crippen LogP contribution in [0, 0.1) is 0 Å². The molecule has 7 nitrogen and oxygen atoms in total. The quantitative estimate of drug-likeness (QED) is 0.346. The Labute approximate surface area is 207 Å². The second kappa shape index (κ2) is 8.90. The Morgan fingerprint density at radius 2 is 1.78 bits per heavy atom. The molecule has 1 aliphatic heterocycles. The Bertz CT molecular complexity index is 1500. The fourth-order valence-electron chi connectivity index (χ4n) is 3.98. The minimum atomic E-state index is -4.76. The Kier molecular flexibility index (Phi) is 5.87. The van der Waals surface area contributed by atoms with Gasteiger partial charge in [-0.25, -0.2) is 4.98 Å². The number of hydrogen-bond donors (Lipinski definition) is 1. The number of ketones is 1. The molecule has 0 aliphatic carbocycles. The fraction of sp³-hybridized carbons (Fsp3) is 0.200. The number of alkyl halides is 3. The lowest BCUT2D eigenvalue weighted by atomic mass is 10.0. The maximum Gasteiger partial charge on any atom is 0.417 e. The molecule has 2 aromatic heterocycles. The van der Waals surface area contributed by atoms with Crippen molar-refractivity contribution in [2.75, 3.05) is 33.2 Å². The Morgan fingerprint density at radius 3 is 2.47 bits per heavy atom. The van der Waals surface area contributed by atoms with Crippen LogP contribution in [0.2, 0.25) is 0 Å². The van der Waals surface area contributed by atoms with Crippen LogP contribution in [-0.2, 0) is 6.18 Å². The highest BCUT2D eigenvalue weighted by molar-refractivity contribution is 7.21. The predicted molar refractivity (Wildman–Crippen MR) is 128 cm³/mol. The molecule has 36 heavy (non-hydrogen) atoms. The van der Waals surface area contributed by atoms with Gasteiger partial charge >= 0.3 is 6.18 Å². The molecule has 0 amide bonds. The van der Waals surface area contributed by atoms with Gasteiger partial charge in [0, 0.05) is 16.5 Å². The van der Waals surface area contributed by atoms with Crippen molar-refractivity contribution >= 4 is 33.0 Å². The summed E-state index contributed by atoms with van der Waals surface area (Å²) in [4.78, 5) is 17.7. The van der Waals surface area contributed by atoms with Crippen molar-refractivity contribution in [2.24, 2.45) is 0 Å². The molecule has 11 heteroatoms. The van der Waals surface area contributed by atoms with Crippen molar-refractivity contribution < 1.29 is 36.9 Å². The van der Waals surface area contributed by atoms with Gasteiger partial charge in [-0.15, -0.1) is 11.3 Å². The second-order valence-electron chi connectivity index (χ2n) is 7.83. The molecule has 1 aliphatic rings. The maximum absolute atomic E-state index is 14.2. The van der Waals surface area contributed by atoms with E-state index < -0.39 is 17.5 Å². The Balaban J connectivity index is 1.69. The minimum Gasteiger partial charge on any atom is -0.497 e. The number of thiophene rings is 1. The number of aromatic nitrogens is 1. The molecule has 4 aromatic rings. The van der Waals surface area contributed by atoms with Gasteiger partial charge in [-0.05, 0) is 42.5 Å². The Hall–Kier alpha value is -3.99. The number of hydrogen-bond acceptors (Lipinski definition) is 8. The van der Waals surface area contributed by atoms with Crippen LogP contribution < -0.4 is 24.7 Å². The molecular formula is C25H19F3N2O5S. The summed E-state index contributed by atoms with van der Waals surface area (Å²) in [6.45, 7) is 0.709. The molecule has 0 bridgehead atoms. The van der Waals surface area contributed by atoms with E-state index in [1.54, 1.807) is 18.2 Å². The number of anilines is 1. The first-order chi connectivity index (χ1) is 17.2. The first kappa shape index (κ1) is 23.7. The van der Waals surface area contributed by atoms with E-state index in [0.29, 0.717) is 41.8 Å². The van der Waals surface area contributed by atoms with Gasteiger partial charge in [0.1, 0.15) is 34.4 Å². The third kappa shape index (κ3) is 4.05. The molecule has 186 valence electrons. The van der Waals surface area contributed by atoms with Gasteiger partial charge in [-0.1, -0.05) is 0 Å². The molecule has 2 aromatic carbocycles. The highest BCUT2D eigenvalue weighted by Gasteiger charge is 2.37. The van der Waals surface area contributed by atoms with Gasteiger partial charge in [-0.2, -0.15) is 13.2 Å². The van der Waals surface area contributed by atoms with Gasteiger partial charge in [0.15, 0.2) is 11.5 Å². The van der Waals surface area contributed by atoms with Crippen LogP contribution in [0.25, 0.3) is 21.5 Å². The molecule has 0 unspecified atom stereocenters. The van der Waals surface area contributed by atoms with Crippen molar-refractivity contribution in [3.63, 3.8) is 0 Å². The van der Waals surface area contributed by atoms with Crippen LogP contribution in [0.3, 0.4) is 0 Å². The predicted octanol–water partition coefficient (Wildman–Crippen LogP) is 5.58. The van der Waals surface area contributed by atoms with E-state index in [9.17, 15) is 18.0 Å². The summed E-state index contributed by atoms with van der Waals surface area (Å²) >= 11 is 0.797. The zero-order valence-electron chi connectivity index (χ0n) is 19.1. The molecule has 0 saturated heterocycles. The first-order valence-corrected chi connectivity index (χ1v) is 11.5. The van der Waals surface area contributed by atoms with Crippen molar-refractivity contribution in [3.05, 3.63) is 58.5 Å². The standard InChI is InChI=1S/C25H19F3N2O5S/c1-32-13-4-6-17(33-2)14(10-13)16-11-15(25(26,27)28)20-21(29)23(36-24(20)30-16)22(31)12-3-5-18-19(9-12)35-8-7-34-18/h3-6,9-11H,7-8,29H2,1-2H3. The molecule has 5 rings (SSSR count). The summed E-state index contributed by atoms with van der Waals surface area (Å²) in [6, 6.07) is 10.2. The number of methoxy groups -OCH3 is 2. The lowest BCUT2D eigenvalue weighted by Gasteiger charge is -2.18. The average molecular weight is 516 g/mol. The smallest absolute Gasteiger partial charge is 0.417 e. The summed E-state index contributed by atoms with van der Waals surface area (Å²) in [5.74, 6) is 1.06. The summed E-state index contributed by atoms with van der Waals surface area (Å²) in [5.41, 5.74) is 5.39. The van der Waals surface area contributed by atoms with E-state index in [1.165, 1.54) is 32.4 Å². The van der Waals surface area contributed by atoms with E-state index in [4.69, 9.17) is 24.7 Å². The largest absolute Gasteiger partial charge is 0.497 e. The molecule has 0 radical (unpaired) electrons. The third-order valence-electron chi connectivity index (χ3n) is 5.70. The molecule has 3 heterocycles. The number of nitrogens with two attached hydrogens (primary N) is 1. The maximum atomic E-state index is 14.2. The molecule has 2 N–H and O–H groups in total. The van der Waals surface area contributed by atoms with Crippen LogP contribution >= 0.6 is 11.3 Å². The topological polar surface area (TPSA) is 92.9 Å². The van der Waals surface area contributed by atoms with Crippen LogP contribution in [0.1, 0.15) is 20.8 Å². The van der Waals surface area contributed by atoms with E-state index in [0.717, 1.165) is 17.4 Å². The second-order valence-corrected chi connectivity index (χ2v) is 8.83. The zero-order chi connectivity index (χ0) is 25.6. The molecule has 0 spiro atoms. The first-order valence-electron chi connectivity index (χ1n) is 10.7. The number of benzene rings is 2. The van der Waals surface area contributed by atoms with Crippen LogP contribution in [-0.4, -0.2) is 38.2 Å². The molecule has 0 atom stereocenters. The molecular weight excluding hydrogens is 497 g/mol.